The van der Waals surface area contributed by atoms with Crippen molar-refractivity contribution in [2.24, 2.45) is 5.92 Å². The van der Waals surface area contributed by atoms with E-state index in [9.17, 15) is 19.2 Å². The summed E-state index contributed by atoms with van der Waals surface area (Å²) in [5.74, 6) is -1.60. The molecule has 5 amide bonds. The molecule has 0 aliphatic carbocycles. The number of hydrogen-bond acceptors (Lipinski definition) is 4. The number of rotatable bonds is 6. The highest BCUT2D eigenvalue weighted by Gasteiger charge is 2.37. The van der Waals surface area contributed by atoms with Crippen molar-refractivity contribution in [2.45, 2.75) is 32.6 Å². The van der Waals surface area contributed by atoms with Gasteiger partial charge in [0.2, 0.25) is 17.7 Å². The number of benzene rings is 1. The van der Waals surface area contributed by atoms with Crippen LogP contribution >= 0.6 is 0 Å². The van der Waals surface area contributed by atoms with Crippen molar-refractivity contribution in [3.8, 4) is 0 Å². The largest absolute Gasteiger partial charge is 0.343 e. The summed E-state index contributed by atoms with van der Waals surface area (Å²) in [6.07, 6.45) is 3.33. The molecular weight excluding hydrogens is 336 g/mol. The Morgan fingerprint density at radius 3 is 2.58 bits per heavy atom. The molecule has 138 valence electrons. The Morgan fingerprint density at radius 1 is 1.23 bits per heavy atom. The molecule has 2 N–H and O–H groups in total. The van der Waals surface area contributed by atoms with E-state index in [0.29, 0.717) is 0 Å². The second kappa shape index (κ2) is 7.55. The second-order valence-electron chi connectivity index (χ2n) is 6.59. The molecule has 2 aliphatic heterocycles. The van der Waals surface area contributed by atoms with Crippen LogP contribution in [0.1, 0.15) is 31.7 Å². The molecule has 0 bridgehead atoms. The predicted molar refractivity (Wildman–Crippen MR) is 93.9 cm³/mol. The maximum absolute atomic E-state index is 12.3. The van der Waals surface area contributed by atoms with Gasteiger partial charge < -0.3 is 4.90 Å². The summed E-state index contributed by atoms with van der Waals surface area (Å²) in [6.45, 7) is 2.18. The first-order valence-corrected chi connectivity index (χ1v) is 8.79. The molecule has 0 saturated carbocycles. The molecule has 1 unspecified atom stereocenters. The zero-order chi connectivity index (χ0) is 18.7. The lowest BCUT2D eigenvalue weighted by atomic mass is 10.1. The molecule has 2 fully saturated rings. The van der Waals surface area contributed by atoms with Crippen molar-refractivity contribution in [3.05, 3.63) is 29.8 Å². The van der Waals surface area contributed by atoms with Crippen LogP contribution in [0.4, 0.5) is 10.5 Å². The number of hydrogen-bond donors (Lipinski definition) is 2. The lowest BCUT2D eigenvalue weighted by Crippen LogP contribution is -2.47. The average Bonchev–Trinajstić information content (AvgIpc) is 3.15. The van der Waals surface area contributed by atoms with Crippen molar-refractivity contribution in [1.29, 1.82) is 0 Å². The first kappa shape index (κ1) is 17.9. The third-order valence-electron chi connectivity index (χ3n) is 4.60. The lowest BCUT2D eigenvalue weighted by molar-refractivity contribution is -0.129. The van der Waals surface area contributed by atoms with Crippen LogP contribution in [0.15, 0.2) is 24.3 Å². The van der Waals surface area contributed by atoms with E-state index in [1.165, 1.54) is 5.56 Å². The summed E-state index contributed by atoms with van der Waals surface area (Å²) in [4.78, 5) is 48.9. The van der Waals surface area contributed by atoms with Crippen LogP contribution in [0.5, 0.6) is 0 Å². The Kier molecular flexibility index (Phi) is 5.20. The van der Waals surface area contributed by atoms with Gasteiger partial charge in [-0.1, -0.05) is 25.5 Å². The fraction of sp³-hybridized carbons (Fsp3) is 0.444. The minimum atomic E-state index is -0.660. The minimum Gasteiger partial charge on any atom is -0.312 e. The summed E-state index contributed by atoms with van der Waals surface area (Å²) in [5, 5.41) is 3.01. The van der Waals surface area contributed by atoms with Gasteiger partial charge >= 0.3 is 6.03 Å². The van der Waals surface area contributed by atoms with E-state index in [1.807, 2.05) is 24.3 Å². The Labute approximate surface area is 151 Å². The first-order chi connectivity index (χ1) is 12.5. The van der Waals surface area contributed by atoms with E-state index in [1.54, 1.807) is 4.90 Å². The number of nitrogens with one attached hydrogen (secondary N) is 2. The van der Waals surface area contributed by atoms with Gasteiger partial charge in [-0.2, -0.15) is 0 Å². The molecule has 26 heavy (non-hydrogen) atoms. The molecule has 8 heteroatoms. The molecule has 3 rings (SSSR count). The maximum atomic E-state index is 12.3. The van der Waals surface area contributed by atoms with Gasteiger partial charge in [0, 0.05) is 18.7 Å². The van der Waals surface area contributed by atoms with Crippen molar-refractivity contribution >= 4 is 29.4 Å². The highest BCUT2D eigenvalue weighted by molar-refractivity contribution is 6.04. The molecule has 1 aromatic rings. The highest BCUT2D eigenvalue weighted by atomic mass is 16.2. The predicted octanol–water partition coefficient (Wildman–Crippen LogP) is 0.965. The minimum absolute atomic E-state index is 0.0762. The molecule has 1 atom stereocenters. The van der Waals surface area contributed by atoms with Gasteiger partial charge in [-0.15, -0.1) is 0 Å². The number of unbranched alkanes of at least 4 members (excludes halogenated alkanes) is 1. The zero-order valence-electron chi connectivity index (χ0n) is 14.7. The Balaban J connectivity index is 1.60. The van der Waals surface area contributed by atoms with Gasteiger partial charge in [0.25, 0.3) is 0 Å². The van der Waals surface area contributed by atoms with Gasteiger partial charge in [0.05, 0.1) is 5.92 Å². The average molecular weight is 358 g/mol. The molecule has 1 aromatic carbocycles. The third-order valence-corrected chi connectivity index (χ3v) is 4.60. The van der Waals surface area contributed by atoms with E-state index in [0.717, 1.165) is 30.0 Å². The fourth-order valence-electron chi connectivity index (χ4n) is 3.11. The molecule has 0 spiro atoms. The number of carbonyl (C=O) groups excluding carboxylic acids is 4. The van der Waals surface area contributed by atoms with Crippen LogP contribution in [-0.4, -0.2) is 41.9 Å². The number of nitrogens with zero attached hydrogens (tertiary/aromatic N) is 2. The van der Waals surface area contributed by atoms with Crippen LogP contribution in [0.3, 0.4) is 0 Å². The number of amides is 5. The Hall–Kier alpha value is -2.90. The second-order valence-corrected chi connectivity index (χ2v) is 6.59. The fourth-order valence-corrected chi connectivity index (χ4v) is 3.11. The molecule has 0 radical (unpaired) electrons. The van der Waals surface area contributed by atoms with Gasteiger partial charge in [-0.3, -0.25) is 25.1 Å². The third kappa shape index (κ3) is 3.84. The summed E-state index contributed by atoms with van der Waals surface area (Å²) in [5.41, 5.74) is 4.40. The number of aryl methyl sites for hydroxylation is 1. The van der Waals surface area contributed by atoms with E-state index in [4.69, 9.17) is 0 Å². The van der Waals surface area contributed by atoms with Crippen molar-refractivity contribution in [2.75, 3.05) is 18.0 Å². The molecular formula is C18H22N4O4. The number of hydrazine groups is 1. The normalized spacial score (nSPS) is 19.9. The SMILES string of the molecule is CCCCc1ccc(N2CC(C(=O)NN3CC(=O)NC3=O)CC2=O)cc1. The van der Waals surface area contributed by atoms with Crippen LogP contribution < -0.4 is 15.6 Å². The number of imide groups is 1. The van der Waals surface area contributed by atoms with Gasteiger partial charge in [-0.25, -0.2) is 9.80 Å². The van der Waals surface area contributed by atoms with E-state index in [2.05, 4.69) is 17.7 Å². The topological polar surface area (TPSA) is 98.8 Å². The smallest absolute Gasteiger partial charge is 0.312 e. The quantitative estimate of drug-likeness (QED) is 0.740. The maximum Gasteiger partial charge on any atom is 0.343 e. The van der Waals surface area contributed by atoms with E-state index in [-0.39, 0.29) is 25.4 Å². The molecule has 0 aromatic heterocycles. The number of carbonyl (C=O) groups is 4. The first-order valence-electron chi connectivity index (χ1n) is 8.79. The summed E-state index contributed by atoms with van der Waals surface area (Å²) in [7, 11) is 0. The number of anilines is 1. The molecule has 2 heterocycles. The Bertz CT molecular complexity index is 731. The summed E-state index contributed by atoms with van der Waals surface area (Å²) < 4.78 is 0. The standard InChI is InChI=1S/C18H22N4O4/c1-2-3-4-12-5-7-14(8-6-12)21-10-13(9-16(21)24)17(25)20-22-11-15(23)19-18(22)26/h5-8,13H,2-4,9-11H2,1H3,(H,20,25)(H,19,23,26). The molecule has 2 saturated heterocycles. The van der Waals surface area contributed by atoms with E-state index < -0.39 is 23.8 Å². The van der Waals surface area contributed by atoms with Gasteiger partial charge in [0.1, 0.15) is 6.54 Å². The monoisotopic (exact) mass is 358 g/mol. The van der Waals surface area contributed by atoms with Crippen LogP contribution in [0, 0.1) is 5.92 Å². The van der Waals surface area contributed by atoms with Crippen molar-refractivity contribution in [1.82, 2.24) is 15.8 Å². The molecule has 8 nitrogen and oxygen atoms in total. The lowest BCUT2D eigenvalue weighted by Gasteiger charge is -2.19. The highest BCUT2D eigenvalue weighted by Crippen LogP contribution is 2.26. The van der Waals surface area contributed by atoms with Crippen LogP contribution in [0.2, 0.25) is 0 Å². The van der Waals surface area contributed by atoms with E-state index >= 15 is 0 Å². The zero-order valence-corrected chi connectivity index (χ0v) is 14.7. The van der Waals surface area contributed by atoms with Gasteiger partial charge in [0.15, 0.2) is 0 Å². The molecule has 2 aliphatic rings. The van der Waals surface area contributed by atoms with Gasteiger partial charge in [-0.05, 0) is 30.5 Å². The van der Waals surface area contributed by atoms with Crippen LogP contribution in [0.25, 0.3) is 0 Å². The Morgan fingerprint density at radius 2 is 1.96 bits per heavy atom. The number of urea groups is 1. The summed E-state index contributed by atoms with van der Waals surface area (Å²) in [6, 6.07) is 7.15. The van der Waals surface area contributed by atoms with Crippen molar-refractivity contribution < 1.29 is 19.2 Å². The van der Waals surface area contributed by atoms with Crippen molar-refractivity contribution in [3.63, 3.8) is 0 Å². The summed E-state index contributed by atoms with van der Waals surface area (Å²) >= 11 is 0. The van der Waals surface area contributed by atoms with Crippen LogP contribution in [-0.2, 0) is 20.8 Å².